The van der Waals surface area contributed by atoms with Crippen molar-refractivity contribution in [3.63, 3.8) is 0 Å². The summed E-state index contributed by atoms with van der Waals surface area (Å²) in [6.07, 6.45) is 0. The van der Waals surface area contributed by atoms with E-state index in [1.807, 2.05) is 18.2 Å². The van der Waals surface area contributed by atoms with E-state index in [1.54, 1.807) is 6.07 Å². The smallest absolute Gasteiger partial charge is 0.269 e. The molecule has 0 aromatic heterocycles. The number of halogens is 1. The van der Waals surface area contributed by atoms with Gasteiger partial charge in [-0.3, -0.25) is 10.1 Å². The number of sulfonamides is 1. The van der Waals surface area contributed by atoms with Gasteiger partial charge in [-0.05, 0) is 23.8 Å². The average Bonchev–Trinajstić information content (AvgIpc) is 2.62. The van der Waals surface area contributed by atoms with Crippen molar-refractivity contribution in [1.82, 2.24) is 4.31 Å². The number of nitro benzene ring substituents is 1. The Balaban J connectivity index is 1.63. The molecule has 9 heteroatoms. The lowest BCUT2D eigenvalue weighted by atomic mass is 10.2. The van der Waals surface area contributed by atoms with E-state index < -0.39 is 14.9 Å². The molecule has 26 heavy (non-hydrogen) atoms. The van der Waals surface area contributed by atoms with Crippen LogP contribution in [-0.4, -0.2) is 43.8 Å². The highest BCUT2D eigenvalue weighted by Crippen LogP contribution is 2.22. The van der Waals surface area contributed by atoms with Crippen LogP contribution in [0, 0.1) is 10.1 Å². The zero-order chi connectivity index (χ0) is 18.7. The maximum atomic E-state index is 12.6. The fourth-order valence-corrected chi connectivity index (χ4v) is 4.61. The predicted octanol–water partition coefficient (Wildman–Crippen LogP) is 2.90. The Morgan fingerprint density at radius 3 is 2.27 bits per heavy atom. The summed E-state index contributed by atoms with van der Waals surface area (Å²) in [6.45, 7) is 1.95. The van der Waals surface area contributed by atoms with Gasteiger partial charge in [0, 0.05) is 49.0 Å². The quantitative estimate of drug-likeness (QED) is 0.574. The summed E-state index contributed by atoms with van der Waals surface area (Å²) < 4.78 is 26.7. The lowest BCUT2D eigenvalue weighted by Gasteiger charge is -2.35. The first-order chi connectivity index (χ1) is 12.3. The van der Waals surface area contributed by atoms with E-state index in [-0.39, 0.29) is 11.4 Å². The number of anilines is 1. The van der Waals surface area contributed by atoms with Crippen molar-refractivity contribution in [3.8, 4) is 0 Å². The van der Waals surface area contributed by atoms with Crippen LogP contribution in [0.2, 0.25) is 5.02 Å². The van der Waals surface area contributed by atoms with Gasteiger partial charge in [0.1, 0.15) is 0 Å². The van der Waals surface area contributed by atoms with Crippen LogP contribution >= 0.6 is 11.6 Å². The van der Waals surface area contributed by atoms with Gasteiger partial charge < -0.3 is 4.90 Å². The summed E-state index contributed by atoms with van der Waals surface area (Å²) in [4.78, 5) is 12.3. The number of nitrogens with zero attached hydrogens (tertiary/aromatic N) is 3. The van der Waals surface area contributed by atoms with Crippen molar-refractivity contribution < 1.29 is 13.3 Å². The number of hydrogen-bond acceptors (Lipinski definition) is 5. The normalized spacial score (nSPS) is 15.8. The van der Waals surface area contributed by atoms with Gasteiger partial charge in [0.05, 0.1) is 10.7 Å². The fraction of sp³-hybridized carbons (Fsp3) is 0.294. The molecule has 1 aliphatic rings. The van der Waals surface area contributed by atoms with Crippen LogP contribution in [0.15, 0.2) is 48.5 Å². The number of nitro groups is 1. The lowest BCUT2D eigenvalue weighted by molar-refractivity contribution is -0.384. The summed E-state index contributed by atoms with van der Waals surface area (Å²) in [5.41, 5.74) is 1.46. The minimum atomic E-state index is -3.47. The zero-order valence-electron chi connectivity index (χ0n) is 13.9. The standard InChI is InChI=1S/C17H18ClN3O4S/c18-15-2-1-3-17(12-15)19-8-10-20(11-9-19)26(24,25)13-14-4-6-16(7-5-14)21(22)23/h1-7,12H,8-11,13H2. The van der Waals surface area contributed by atoms with Crippen molar-refractivity contribution in [1.29, 1.82) is 0 Å². The van der Waals surface area contributed by atoms with Crippen molar-refractivity contribution >= 4 is 33.0 Å². The molecule has 1 heterocycles. The van der Waals surface area contributed by atoms with Crippen molar-refractivity contribution in [2.24, 2.45) is 0 Å². The summed E-state index contributed by atoms with van der Waals surface area (Å²) >= 11 is 6.01. The van der Waals surface area contributed by atoms with Gasteiger partial charge in [-0.15, -0.1) is 0 Å². The van der Waals surface area contributed by atoms with Crippen molar-refractivity contribution in [2.75, 3.05) is 31.1 Å². The van der Waals surface area contributed by atoms with Crippen LogP contribution < -0.4 is 4.90 Å². The Bertz CT molecular complexity index is 894. The van der Waals surface area contributed by atoms with Gasteiger partial charge in [0.25, 0.3) is 5.69 Å². The van der Waals surface area contributed by atoms with Crippen LogP contribution in [0.4, 0.5) is 11.4 Å². The number of non-ortho nitro benzene ring substituents is 1. The third-order valence-corrected chi connectivity index (χ3v) is 6.39. The molecule has 0 atom stereocenters. The summed E-state index contributed by atoms with van der Waals surface area (Å²) in [6, 6.07) is 13.1. The zero-order valence-corrected chi connectivity index (χ0v) is 15.5. The largest absolute Gasteiger partial charge is 0.369 e. The Morgan fingerprint density at radius 1 is 1.04 bits per heavy atom. The molecule has 0 aliphatic carbocycles. The highest BCUT2D eigenvalue weighted by atomic mass is 35.5. The summed E-state index contributed by atoms with van der Waals surface area (Å²) in [5, 5.41) is 11.3. The van der Waals surface area contributed by atoms with Crippen molar-refractivity contribution in [3.05, 3.63) is 69.2 Å². The number of rotatable bonds is 5. The second-order valence-corrected chi connectivity index (χ2v) is 8.45. The van der Waals surface area contributed by atoms with Crippen LogP contribution in [0.5, 0.6) is 0 Å². The summed E-state index contributed by atoms with van der Waals surface area (Å²) in [5.74, 6) is -0.165. The molecule has 1 saturated heterocycles. The predicted molar refractivity (Wildman–Crippen MR) is 101 cm³/mol. The number of benzene rings is 2. The fourth-order valence-electron chi connectivity index (χ4n) is 2.91. The Hall–Kier alpha value is -2.16. The van der Waals surface area contributed by atoms with Gasteiger partial charge in [0.2, 0.25) is 10.0 Å². The molecule has 0 amide bonds. The Morgan fingerprint density at radius 2 is 1.69 bits per heavy atom. The lowest BCUT2D eigenvalue weighted by Crippen LogP contribution is -2.49. The molecule has 1 fully saturated rings. The molecule has 0 unspecified atom stereocenters. The van der Waals surface area contributed by atoms with Gasteiger partial charge >= 0.3 is 0 Å². The molecule has 3 rings (SSSR count). The number of piperazine rings is 1. The molecular formula is C17H18ClN3O4S. The molecule has 0 saturated carbocycles. The van der Waals surface area contributed by atoms with Crippen LogP contribution in [0.25, 0.3) is 0 Å². The second kappa shape index (κ2) is 7.61. The van der Waals surface area contributed by atoms with Gasteiger partial charge in [0.15, 0.2) is 0 Å². The van der Waals surface area contributed by atoms with Gasteiger partial charge in [-0.2, -0.15) is 4.31 Å². The Kier molecular flexibility index (Phi) is 5.45. The van der Waals surface area contributed by atoms with E-state index in [9.17, 15) is 18.5 Å². The number of hydrogen-bond donors (Lipinski definition) is 0. The second-order valence-electron chi connectivity index (χ2n) is 6.05. The van der Waals surface area contributed by atoms with E-state index in [2.05, 4.69) is 4.90 Å². The topological polar surface area (TPSA) is 83.8 Å². The minimum Gasteiger partial charge on any atom is -0.369 e. The van der Waals surface area contributed by atoms with Gasteiger partial charge in [-0.25, -0.2) is 8.42 Å². The van der Waals surface area contributed by atoms with E-state index >= 15 is 0 Å². The molecule has 0 radical (unpaired) electrons. The molecular weight excluding hydrogens is 378 g/mol. The molecule has 7 nitrogen and oxygen atoms in total. The first-order valence-electron chi connectivity index (χ1n) is 8.07. The van der Waals surface area contributed by atoms with Gasteiger partial charge in [-0.1, -0.05) is 29.8 Å². The first-order valence-corrected chi connectivity index (χ1v) is 10.1. The summed E-state index contributed by atoms with van der Waals surface area (Å²) in [7, 11) is -3.47. The Labute approximate surface area is 157 Å². The SMILES string of the molecule is O=[N+]([O-])c1ccc(CS(=O)(=O)N2CCN(c3cccc(Cl)c3)CC2)cc1. The van der Waals surface area contributed by atoms with E-state index in [1.165, 1.54) is 28.6 Å². The maximum absolute atomic E-state index is 12.6. The van der Waals surface area contributed by atoms with Crippen LogP contribution in [0.3, 0.4) is 0 Å². The van der Waals surface area contributed by atoms with Crippen LogP contribution in [-0.2, 0) is 15.8 Å². The molecule has 0 bridgehead atoms. The third kappa shape index (κ3) is 4.32. The molecule has 0 N–H and O–H groups in total. The highest BCUT2D eigenvalue weighted by molar-refractivity contribution is 7.88. The maximum Gasteiger partial charge on any atom is 0.269 e. The first kappa shape index (κ1) is 18.6. The molecule has 138 valence electrons. The monoisotopic (exact) mass is 395 g/mol. The van der Waals surface area contributed by atoms with Crippen molar-refractivity contribution in [2.45, 2.75) is 5.75 Å². The molecule has 1 aliphatic heterocycles. The van der Waals surface area contributed by atoms with E-state index in [4.69, 9.17) is 11.6 Å². The average molecular weight is 396 g/mol. The van der Waals surface area contributed by atoms with E-state index in [0.717, 1.165) is 5.69 Å². The van der Waals surface area contributed by atoms with Crippen LogP contribution in [0.1, 0.15) is 5.56 Å². The molecule has 2 aromatic carbocycles. The molecule has 0 spiro atoms. The van der Waals surface area contributed by atoms with E-state index in [0.29, 0.717) is 36.8 Å². The highest BCUT2D eigenvalue weighted by Gasteiger charge is 2.27. The molecule has 2 aromatic rings. The minimum absolute atomic E-state index is 0.0544. The third-order valence-electron chi connectivity index (χ3n) is 4.30.